The molecule has 3 aromatic carbocycles. The summed E-state index contributed by atoms with van der Waals surface area (Å²) in [6, 6.07) is 27.1. The minimum Gasteiger partial charge on any atom is -0.496 e. The van der Waals surface area contributed by atoms with Crippen LogP contribution < -0.4 is 10.3 Å². The molecule has 3 heterocycles. The molecule has 38 heavy (non-hydrogen) atoms. The van der Waals surface area contributed by atoms with Crippen LogP contribution in [-0.2, 0) is 6.54 Å². The maximum Gasteiger partial charge on any atom is 0.282 e. The number of hydrogen-bond acceptors (Lipinski definition) is 5. The van der Waals surface area contributed by atoms with Crippen LogP contribution in [0.2, 0.25) is 0 Å². The molecule has 188 valence electrons. The van der Waals surface area contributed by atoms with Gasteiger partial charge in [0.25, 0.3) is 5.56 Å². The number of aromatic nitrogens is 3. The summed E-state index contributed by atoms with van der Waals surface area (Å²) in [4.78, 5) is 18.4. The van der Waals surface area contributed by atoms with Gasteiger partial charge in [-0.1, -0.05) is 48.5 Å². The Bertz CT molecular complexity index is 1880. The predicted octanol–water partition coefficient (Wildman–Crippen LogP) is 6.17. The zero-order chi connectivity index (χ0) is 26.2. The summed E-state index contributed by atoms with van der Waals surface area (Å²) in [5, 5.41) is 5.93. The summed E-state index contributed by atoms with van der Waals surface area (Å²) < 4.78 is 15.2. The van der Waals surface area contributed by atoms with Crippen molar-refractivity contribution in [2.75, 3.05) is 7.11 Å². The van der Waals surface area contributed by atoms with Crippen LogP contribution in [0.5, 0.6) is 5.75 Å². The highest BCUT2D eigenvalue weighted by molar-refractivity contribution is 5.88. The second-order valence-electron chi connectivity index (χ2n) is 9.20. The Kier molecular flexibility index (Phi) is 5.88. The average Bonchev–Trinajstić information content (AvgIpc) is 3.49. The number of ether oxygens (including phenoxy) is 1. The number of methoxy groups -OCH3 is 1. The number of hydrogen-bond donors (Lipinski definition) is 0. The lowest BCUT2D eigenvalue weighted by Gasteiger charge is -2.09. The third-order valence-corrected chi connectivity index (χ3v) is 6.82. The molecule has 6 rings (SSSR count). The first-order chi connectivity index (χ1) is 18.5. The van der Waals surface area contributed by atoms with Gasteiger partial charge < -0.3 is 13.7 Å². The Morgan fingerprint density at radius 3 is 2.55 bits per heavy atom. The van der Waals surface area contributed by atoms with Crippen molar-refractivity contribution < 1.29 is 9.15 Å². The SMILES string of the molecule is COc1cccc2oc(-c3nc4ccccc4c(=O)n3N=Cc3cc(C)n(Cc4ccccc4)c3C)cc12. The van der Waals surface area contributed by atoms with Gasteiger partial charge in [-0.15, -0.1) is 0 Å². The van der Waals surface area contributed by atoms with E-state index in [0.717, 1.165) is 28.9 Å². The summed E-state index contributed by atoms with van der Waals surface area (Å²) in [5.41, 5.74) is 5.26. The fourth-order valence-electron chi connectivity index (χ4n) is 4.80. The highest BCUT2D eigenvalue weighted by Gasteiger charge is 2.18. The summed E-state index contributed by atoms with van der Waals surface area (Å²) in [7, 11) is 1.62. The molecule has 0 unspecified atom stereocenters. The first-order valence-electron chi connectivity index (χ1n) is 12.4. The van der Waals surface area contributed by atoms with Gasteiger partial charge in [-0.25, -0.2) is 4.98 Å². The monoisotopic (exact) mass is 502 g/mol. The normalized spacial score (nSPS) is 11.7. The molecule has 0 atom stereocenters. The molecule has 0 spiro atoms. The van der Waals surface area contributed by atoms with Gasteiger partial charge in [0, 0.05) is 23.5 Å². The first-order valence-corrected chi connectivity index (χ1v) is 12.4. The molecule has 0 amide bonds. The second kappa shape index (κ2) is 9.52. The van der Waals surface area contributed by atoms with Crippen molar-refractivity contribution in [1.82, 2.24) is 14.2 Å². The largest absolute Gasteiger partial charge is 0.496 e. The van der Waals surface area contributed by atoms with Crippen molar-refractivity contribution in [2.45, 2.75) is 20.4 Å². The van der Waals surface area contributed by atoms with Crippen molar-refractivity contribution in [3.05, 3.63) is 118 Å². The molecule has 6 aromatic rings. The van der Waals surface area contributed by atoms with Crippen molar-refractivity contribution in [2.24, 2.45) is 5.10 Å². The molecule has 3 aromatic heterocycles. The molecule has 0 saturated carbocycles. The smallest absolute Gasteiger partial charge is 0.282 e. The minimum atomic E-state index is -0.271. The van der Waals surface area contributed by atoms with E-state index in [2.05, 4.69) is 41.7 Å². The van der Waals surface area contributed by atoms with Gasteiger partial charge in [-0.2, -0.15) is 9.78 Å². The molecule has 0 saturated heterocycles. The Morgan fingerprint density at radius 2 is 1.74 bits per heavy atom. The lowest BCUT2D eigenvalue weighted by molar-refractivity contribution is 0.419. The number of furan rings is 1. The summed E-state index contributed by atoms with van der Waals surface area (Å²) in [6.07, 6.45) is 1.72. The van der Waals surface area contributed by atoms with E-state index in [1.165, 1.54) is 10.2 Å². The van der Waals surface area contributed by atoms with Crippen LogP contribution in [0.3, 0.4) is 0 Å². The van der Waals surface area contributed by atoms with Gasteiger partial charge in [-0.05, 0) is 55.8 Å². The summed E-state index contributed by atoms with van der Waals surface area (Å²) >= 11 is 0. The maximum absolute atomic E-state index is 13.6. The van der Waals surface area contributed by atoms with Crippen LogP contribution in [0.4, 0.5) is 0 Å². The predicted molar refractivity (Wildman–Crippen MR) is 150 cm³/mol. The summed E-state index contributed by atoms with van der Waals surface area (Å²) in [6.45, 7) is 4.89. The molecule has 7 nitrogen and oxygen atoms in total. The van der Waals surface area contributed by atoms with E-state index in [1.807, 2.05) is 60.7 Å². The Morgan fingerprint density at radius 1 is 0.947 bits per heavy atom. The van der Waals surface area contributed by atoms with Crippen LogP contribution in [0, 0.1) is 13.8 Å². The van der Waals surface area contributed by atoms with E-state index in [4.69, 9.17) is 14.1 Å². The van der Waals surface area contributed by atoms with Gasteiger partial charge in [0.05, 0.1) is 29.6 Å². The molecule has 0 aliphatic carbocycles. The number of nitrogens with zero attached hydrogens (tertiary/aromatic N) is 4. The standard InChI is InChI=1S/C31H26N4O3/c1-20-16-23(21(2)34(20)19-22-10-5-4-6-11-22)18-32-35-30(33-26-13-8-7-12-24(26)31(35)36)29-17-25-27(37-3)14-9-15-28(25)38-29/h4-18H,19H2,1-3H3. The quantitative estimate of drug-likeness (QED) is 0.255. The first kappa shape index (κ1) is 23.5. The number of benzene rings is 3. The molecular weight excluding hydrogens is 476 g/mol. The fraction of sp³-hybridized carbons (Fsp3) is 0.129. The van der Waals surface area contributed by atoms with Crippen LogP contribution in [0.1, 0.15) is 22.5 Å². The van der Waals surface area contributed by atoms with Gasteiger partial charge in [0.15, 0.2) is 5.76 Å². The maximum atomic E-state index is 13.6. The third-order valence-electron chi connectivity index (χ3n) is 6.82. The highest BCUT2D eigenvalue weighted by Crippen LogP contribution is 2.33. The van der Waals surface area contributed by atoms with E-state index >= 15 is 0 Å². The molecular formula is C31H26N4O3. The van der Waals surface area contributed by atoms with Crippen molar-refractivity contribution in [1.29, 1.82) is 0 Å². The van der Waals surface area contributed by atoms with Crippen LogP contribution in [-0.4, -0.2) is 27.6 Å². The number of para-hydroxylation sites is 1. The fourth-order valence-corrected chi connectivity index (χ4v) is 4.80. The highest BCUT2D eigenvalue weighted by atomic mass is 16.5. The average molecular weight is 503 g/mol. The van der Waals surface area contributed by atoms with Crippen LogP contribution in [0.15, 0.2) is 99.2 Å². The Labute approximate surface area is 219 Å². The molecule has 0 aliphatic rings. The number of fused-ring (bicyclic) bond motifs is 2. The van der Waals surface area contributed by atoms with E-state index < -0.39 is 0 Å². The Balaban J connectivity index is 1.48. The zero-order valence-electron chi connectivity index (χ0n) is 21.4. The zero-order valence-corrected chi connectivity index (χ0v) is 21.4. The minimum absolute atomic E-state index is 0.271. The van der Waals surface area contributed by atoms with E-state index in [0.29, 0.717) is 33.8 Å². The molecule has 0 fully saturated rings. The topological polar surface area (TPSA) is 74.6 Å². The van der Waals surface area contributed by atoms with Gasteiger partial charge in [-0.3, -0.25) is 4.79 Å². The lowest BCUT2D eigenvalue weighted by Crippen LogP contribution is -2.20. The van der Waals surface area contributed by atoms with Crippen molar-refractivity contribution in [3.8, 4) is 17.3 Å². The molecule has 0 bridgehead atoms. The van der Waals surface area contributed by atoms with Gasteiger partial charge in [0.2, 0.25) is 5.82 Å². The molecule has 0 radical (unpaired) electrons. The van der Waals surface area contributed by atoms with E-state index in [1.54, 1.807) is 19.4 Å². The third kappa shape index (κ3) is 4.08. The van der Waals surface area contributed by atoms with E-state index in [9.17, 15) is 4.79 Å². The molecule has 7 heteroatoms. The van der Waals surface area contributed by atoms with Crippen LogP contribution >= 0.6 is 0 Å². The number of aryl methyl sites for hydroxylation is 1. The van der Waals surface area contributed by atoms with Gasteiger partial charge >= 0.3 is 0 Å². The van der Waals surface area contributed by atoms with E-state index in [-0.39, 0.29) is 5.56 Å². The van der Waals surface area contributed by atoms with Gasteiger partial charge in [0.1, 0.15) is 11.3 Å². The van der Waals surface area contributed by atoms with Crippen LogP contribution in [0.25, 0.3) is 33.5 Å². The van der Waals surface area contributed by atoms with Crippen molar-refractivity contribution in [3.63, 3.8) is 0 Å². The molecule has 0 N–H and O–H groups in total. The second-order valence-corrected chi connectivity index (χ2v) is 9.20. The lowest BCUT2D eigenvalue weighted by atomic mass is 10.2. The number of rotatable bonds is 6. The summed E-state index contributed by atoms with van der Waals surface area (Å²) in [5.74, 6) is 1.43. The Hall–Kier alpha value is -4.91. The van der Waals surface area contributed by atoms with Crippen molar-refractivity contribution >= 4 is 28.1 Å². The molecule has 0 aliphatic heterocycles.